The van der Waals surface area contributed by atoms with Crippen molar-refractivity contribution < 1.29 is 18.4 Å². The molecular formula is C21H21F2N3O2. The van der Waals surface area contributed by atoms with Crippen LogP contribution in [-0.4, -0.2) is 49.4 Å². The Morgan fingerprint density at radius 3 is 1.93 bits per heavy atom. The van der Waals surface area contributed by atoms with Crippen molar-refractivity contribution in [3.63, 3.8) is 0 Å². The highest BCUT2D eigenvalue weighted by atomic mass is 19.1. The normalized spacial score (nSPS) is 20.0. The summed E-state index contributed by atoms with van der Waals surface area (Å²) in [7, 11) is 0. The predicted molar refractivity (Wildman–Crippen MR) is 102 cm³/mol. The molecule has 4 rings (SSSR count). The minimum atomic E-state index is -0.380. The van der Waals surface area contributed by atoms with Gasteiger partial charge in [0.25, 0.3) is 0 Å². The largest absolute Gasteiger partial charge is 0.368 e. The molecule has 2 heterocycles. The average molecular weight is 385 g/mol. The van der Waals surface area contributed by atoms with E-state index in [9.17, 15) is 18.4 Å². The molecule has 2 fully saturated rings. The molecule has 0 aliphatic carbocycles. The van der Waals surface area contributed by atoms with Gasteiger partial charge in [0, 0.05) is 50.5 Å². The van der Waals surface area contributed by atoms with Crippen molar-refractivity contribution in [3.05, 3.63) is 60.2 Å². The third-order valence-corrected chi connectivity index (χ3v) is 5.40. The highest BCUT2D eigenvalue weighted by molar-refractivity contribution is 6.00. The molecule has 2 aromatic rings. The molecule has 5 nitrogen and oxygen atoms in total. The number of hydrogen-bond donors (Lipinski definition) is 0. The summed E-state index contributed by atoms with van der Waals surface area (Å²) in [4.78, 5) is 30.7. The maximum absolute atomic E-state index is 13.1. The first-order chi connectivity index (χ1) is 13.5. The van der Waals surface area contributed by atoms with Crippen LogP contribution in [0.2, 0.25) is 0 Å². The monoisotopic (exact) mass is 385 g/mol. The first-order valence-electron chi connectivity index (χ1n) is 9.36. The number of carbonyl (C=O) groups is 2. The number of piperazine rings is 1. The molecule has 2 amide bonds. The van der Waals surface area contributed by atoms with Crippen molar-refractivity contribution >= 4 is 23.2 Å². The molecule has 0 N–H and O–H groups in total. The molecular weight excluding hydrogens is 364 g/mol. The number of rotatable bonds is 3. The van der Waals surface area contributed by atoms with E-state index < -0.39 is 0 Å². The van der Waals surface area contributed by atoms with Gasteiger partial charge in [-0.25, -0.2) is 8.78 Å². The minimum absolute atomic E-state index is 0.0169. The van der Waals surface area contributed by atoms with Gasteiger partial charge < -0.3 is 14.7 Å². The number of carbonyl (C=O) groups excluding carboxylic acids is 2. The molecule has 7 heteroatoms. The van der Waals surface area contributed by atoms with Crippen molar-refractivity contribution in [1.82, 2.24) is 4.90 Å². The molecule has 2 aliphatic heterocycles. The van der Waals surface area contributed by atoms with E-state index in [0.29, 0.717) is 38.4 Å². The lowest BCUT2D eigenvalue weighted by Crippen LogP contribution is -2.50. The lowest BCUT2D eigenvalue weighted by atomic mass is 10.1. The number of nitrogens with zero attached hydrogens (tertiary/aromatic N) is 3. The summed E-state index contributed by atoms with van der Waals surface area (Å²) < 4.78 is 26.2. The van der Waals surface area contributed by atoms with Crippen LogP contribution in [0.3, 0.4) is 0 Å². The summed E-state index contributed by atoms with van der Waals surface area (Å²) >= 11 is 0. The van der Waals surface area contributed by atoms with Crippen molar-refractivity contribution in [2.45, 2.75) is 6.42 Å². The number of amides is 2. The van der Waals surface area contributed by atoms with Gasteiger partial charge >= 0.3 is 0 Å². The van der Waals surface area contributed by atoms with Crippen molar-refractivity contribution in [3.8, 4) is 0 Å². The molecule has 28 heavy (non-hydrogen) atoms. The highest BCUT2D eigenvalue weighted by Gasteiger charge is 2.37. The van der Waals surface area contributed by atoms with E-state index in [4.69, 9.17) is 0 Å². The van der Waals surface area contributed by atoms with Gasteiger partial charge in [-0.1, -0.05) is 0 Å². The second kappa shape index (κ2) is 7.58. The van der Waals surface area contributed by atoms with Crippen LogP contribution in [0, 0.1) is 17.6 Å². The van der Waals surface area contributed by atoms with Gasteiger partial charge in [-0.2, -0.15) is 0 Å². The summed E-state index contributed by atoms with van der Waals surface area (Å²) in [5.74, 6) is -1.14. The molecule has 1 atom stereocenters. The summed E-state index contributed by atoms with van der Waals surface area (Å²) in [6.45, 7) is 2.79. The SMILES string of the molecule is O=C([C@H]1CC(=O)N(c2ccc(F)cc2)C1)N1CCN(c2ccc(F)cc2)CC1. The van der Waals surface area contributed by atoms with E-state index in [-0.39, 0.29) is 35.8 Å². The topological polar surface area (TPSA) is 43.9 Å². The summed E-state index contributed by atoms with van der Waals surface area (Å²) in [6.07, 6.45) is 0.175. The summed E-state index contributed by atoms with van der Waals surface area (Å²) in [6, 6.07) is 12.1. The zero-order valence-electron chi connectivity index (χ0n) is 15.4. The smallest absolute Gasteiger partial charge is 0.228 e. The van der Waals surface area contributed by atoms with Crippen LogP contribution in [0.25, 0.3) is 0 Å². The maximum Gasteiger partial charge on any atom is 0.228 e. The zero-order chi connectivity index (χ0) is 19.7. The van der Waals surface area contributed by atoms with Crippen LogP contribution in [0.15, 0.2) is 48.5 Å². The number of benzene rings is 2. The Hall–Kier alpha value is -2.96. The molecule has 0 bridgehead atoms. The van der Waals surface area contributed by atoms with Crippen LogP contribution in [0.4, 0.5) is 20.2 Å². The Bertz CT molecular complexity index is 862. The third-order valence-electron chi connectivity index (χ3n) is 5.40. The second-order valence-corrected chi connectivity index (χ2v) is 7.17. The fourth-order valence-electron chi connectivity index (χ4n) is 3.84. The predicted octanol–water partition coefficient (Wildman–Crippen LogP) is 2.67. The summed E-state index contributed by atoms with van der Waals surface area (Å²) in [5, 5.41) is 0. The van der Waals surface area contributed by atoms with E-state index in [1.54, 1.807) is 34.1 Å². The Labute approximate surface area is 162 Å². The Kier molecular flexibility index (Phi) is 4.98. The van der Waals surface area contributed by atoms with Gasteiger partial charge in [0.05, 0.1) is 5.92 Å². The van der Waals surface area contributed by atoms with Crippen molar-refractivity contribution in [1.29, 1.82) is 0 Å². The second-order valence-electron chi connectivity index (χ2n) is 7.17. The van der Waals surface area contributed by atoms with E-state index in [2.05, 4.69) is 4.90 Å². The quantitative estimate of drug-likeness (QED) is 0.816. The Morgan fingerprint density at radius 1 is 0.821 bits per heavy atom. The lowest BCUT2D eigenvalue weighted by Gasteiger charge is -2.37. The summed E-state index contributed by atoms with van der Waals surface area (Å²) in [5.41, 5.74) is 1.55. The first-order valence-corrected chi connectivity index (χ1v) is 9.36. The molecule has 0 spiro atoms. The van der Waals surface area contributed by atoms with Crippen LogP contribution in [0.5, 0.6) is 0 Å². The van der Waals surface area contributed by atoms with Gasteiger partial charge in [-0.15, -0.1) is 0 Å². The van der Waals surface area contributed by atoms with Gasteiger partial charge in [-0.05, 0) is 48.5 Å². The molecule has 2 saturated heterocycles. The van der Waals surface area contributed by atoms with E-state index in [1.165, 1.54) is 24.3 Å². The number of halogens is 2. The van der Waals surface area contributed by atoms with E-state index >= 15 is 0 Å². The van der Waals surface area contributed by atoms with Crippen molar-refractivity contribution in [2.75, 3.05) is 42.5 Å². The van der Waals surface area contributed by atoms with Crippen molar-refractivity contribution in [2.24, 2.45) is 5.92 Å². The zero-order valence-corrected chi connectivity index (χ0v) is 15.4. The number of anilines is 2. The number of hydrogen-bond acceptors (Lipinski definition) is 3. The molecule has 0 radical (unpaired) electrons. The Morgan fingerprint density at radius 2 is 1.36 bits per heavy atom. The van der Waals surface area contributed by atoms with Crippen LogP contribution in [-0.2, 0) is 9.59 Å². The molecule has 146 valence electrons. The van der Waals surface area contributed by atoms with Gasteiger partial charge in [0.2, 0.25) is 11.8 Å². The van der Waals surface area contributed by atoms with Crippen LogP contribution >= 0.6 is 0 Å². The molecule has 0 aromatic heterocycles. The third kappa shape index (κ3) is 3.69. The molecule has 2 aromatic carbocycles. The standard InChI is InChI=1S/C21H21F2N3O2/c22-16-1-5-18(6-2-16)24-9-11-25(12-10-24)21(28)15-13-20(27)26(14-15)19-7-3-17(23)4-8-19/h1-8,15H,9-14H2/t15-/m0/s1. The average Bonchev–Trinajstić information content (AvgIpc) is 3.10. The maximum atomic E-state index is 13.1. The van der Waals surface area contributed by atoms with E-state index in [0.717, 1.165) is 5.69 Å². The first kappa shape index (κ1) is 18.4. The Balaban J connectivity index is 1.36. The van der Waals surface area contributed by atoms with E-state index in [1.807, 2.05) is 0 Å². The van der Waals surface area contributed by atoms with Gasteiger partial charge in [-0.3, -0.25) is 9.59 Å². The van der Waals surface area contributed by atoms with Gasteiger partial charge in [0.1, 0.15) is 11.6 Å². The molecule has 2 aliphatic rings. The fourth-order valence-corrected chi connectivity index (χ4v) is 3.84. The fraction of sp³-hybridized carbons (Fsp3) is 0.333. The van der Waals surface area contributed by atoms with Crippen LogP contribution in [0.1, 0.15) is 6.42 Å². The lowest BCUT2D eigenvalue weighted by molar-refractivity contribution is -0.136. The van der Waals surface area contributed by atoms with Crippen LogP contribution < -0.4 is 9.80 Å². The minimum Gasteiger partial charge on any atom is -0.368 e. The highest BCUT2D eigenvalue weighted by Crippen LogP contribution is 2.27. The van der Waals surface area contributed by atoms with Gasteiger partial charge in [0.15, 0.2) is 0 Å². The molecule has 0 saturated carbocycles. The molecule has 0 unspecified atom stereocenters.